The summed E-state index contributed by atoms with van der Waals surface area (Å²) in [6.45, 7) is -1.31. The average molecular weight is 235 g/mol. The van der Waals surface area contributed by atoms with Gasteiger partial charge in [-0.25, -0.2) is 13.9 Å². The first kappa shape index (κ1) is 13.7. The van der Waals surface area contributed by atoms with Gasteiger partial charge in [-0.3, -0.25) is 4.84 Å². The van der Waals surface area contributed by atoms with Gasteiger partial charge in [0.1, 0.15) is 9.84 Å². The van der Waals surface area contributed by atoms with E-state index < -0.39 is 22.6 Å². The molecule has 0 bridgehead atoms. The summed E-state index contributed by atoms with van der Waals surface area (Å²) < 4.78 is 55.6. The highest BCUT2D eigenvalue weighted by Crippen LogP contribution is 2.13. The van der Waals surface area contributed by atoms with Crippen molar-refractivity contribution in [3.8, 4) is 0 Å². The maximum Gasteiger partial charge on any atom is 0.413 e. The summed E-state index contributed by atoms with van der Waals surface area (Å²) in [5, 5.41) is 0. The van der Waals surface area contributed by atoms with Crippen molar-refractivity contribution in [2.45, 2.75) is 12.6 Å². The lowest BCUT2D eigenvalue weighted by atomic mass is 10.5. The smallest absolute Gasteiger partial charge is 0.292 e. The molecule has 0 fully saturated rings. The third kappa shape index (κ3) is 11.7. The van der Waals surface area contributed by atoms with Crippen LogP contribution in [0.2, 0.25) is 0 Å². The number of hydrogen-bond donors (Lipinski definition) is 1. The van der Waals surface area contributed by atoms with Gasteiger partial charge in [-0.1, -0.05) is 0 Å². The molecule has 0 aromatic carbocycles. The number of alkyl halides is 3. The molecule has 0 radical (unpaired) electrons. The van der Waals surface area contributed by atoms with Gasteiger partial charge in [-0.2, -0.15) is 13.2 Å². The van der Waals surface area contributed by atoms with Crippen LogP contribution >= 0.6 is 0 Å². The van der Waals surface area contributed by atoms with Crippen molar-refractivity contribution < 1.29 is 26.4 Å². The molecule has 0 aromatic rings. The molecule has 0 atom stereocenters. The van der Waals surface area contributed by atoms with E-state index in [4.69, 9.17) is 0 Å². The molecule has 0 aromatic heterocycles. The highest BCUT2D eigenvalue weighted by Gasteiger charge is 2.27. The molecule has 1 N–H and O–H groups in total. The van der Waals surface area contributed by atoms with Crippen molar-refractivity contribution in [1.82, 2.24) is 5.48 Å². The molecule has 8 heteroatoms. The summed E-state index contributed by atoms with van der Waals surface area (Å²) in [7, 11) is -3.06. The van der Waals surface area contributed by atoms with Crippen molar-refractivity contribution >= 4 is 9.84 Å². The Labute approximate surface area is 80.3 Å². The van der Waals surface area contributed by atoms with Gasteiger partial charge in [0.05, 0.1) is 5.75 Å². The maximum atomic E-state index is 11.5. The molecular formula is C6H12F3NO3S. The van der Waals surface area contributed by atoms with Crippen LogP contribution in [0.15, 0.2) is 0 Å². The van der Waals surface area contributed by atoms with E-state index in [0.717, 1.165) is 6.26 Å². The van der Waals surface area contributed by atoms with Crippen LogP contribution in [0.25, 0.3) is 0 Å². The third-order valence-corrected chi connectivity index (χ3v) is 2.16. The zero-order chi connectivity index (χ0) is 11.2. The van der Waals surface area contributed by atoms with Crippen molar-refractivity contribution in [3.05, 3.63) is 0 Å². The summed E-state index contributed by atoms with van der Waals surface area (Å²) in [6, 6.07) is 0. The van der Waals surface area contributed by atoms with Crippen LogP contribution in [-0.4, -0.2) is 39.8 Å². The van der Waals surface area contributed by atoms with Crippen molar-refractivity contribution in [1.29, 1.82) is 0 Å². The van der Waals surface area contributed by atoms with Crippen LogP contribution in [0, 0.1) is 0 Å². The van der Waals surface area contributed by atoms with Gasteiger partial charge in [-0.05, 0) is 6.42 Å². The van der Waals surface area contributed by atoms with Gasteiger partial charge in [0.25, 0.3) is 0 Å². The molecule has 14 heavy (non-hydrogen) atoms. The SMILES string of the molecule is CS(=O)(=O)CCCNOCC(F)(F)F. The second kappa shape index (κ2) is 5.52. The topological polar surface area (TPSA) is 55.4 Å². The number of rotatable bonds is 6. The van der Waals surface area contributed by atoms with E-state index >= 15 is 0 Å². The fourth-order valence-electron chi connectivity index (χ4n) is 0.612. The van der Waals surface area contributed by atoms with E-state index in [1.54, 1.807) is 0 Å². The van der Waals surface area contributed by atoms with Crippen molar-refractivity contribution in [2.75, 3.05) is 25.2 Å². The molecule has 0 aliphatic carbocycles. The van der Waals surface area contributed by atoms with Crippen molar-refractivity contribution in [3.63, 3.8) is 0 Å². The Morgan fingerprint density at radius 2 is 1.93 bits per heavy atom. The van der Waals surface area contributed by atoms with E-state index in [0.29, 0.717) is 0 Å². The Hall–Kier alpha value is -0.340. The lowest BCUT2D eigenvalue weighted by Gasteiger charge is -2.07. The monoisotopic (exact) mass is 235 g/mol. The Kier molecular flexibility index (Phi) is 5.38. The first-order valence-corrected chi connectivity index (χ1v) is 5.86. The Balaban J connectivity index is 3.32. The predicted molar refractivity (Wildman–Crippen MR) is 44.3 cm³/mol. The van der Waals surface area contributed by atoms with Gasteiger partial charge in [-0.15, -0.1) is 0 Å². The molecule has 86 valence electrons. The molecule has 0 aliphatic rings. The van der Waals surface area contributed by atoms with E-state index in [1.165, 1.54) is 0 Å². The normalized spacial score (nSPS) is 13.1. The predicted octanol–water partition coefficient (Wildman–Crippen LogP) is 0.505. The van der Waals surface area contributed by atoms with E-state index in [9.17, 15) is 21.6 Å². The van der Waals surface area contributed by atoms with E-state index in [1.807, 2.05) is 5.48 Å². The maximum absolute atomic E-state index is 11.5. The Bertz CT molecular complexity index is 250. The fourth-order valence-corrected chi connectivity index (χ4v) is 1.28. The van der Waals surface area contributed by atoms with Crippen LogP contribution in [0.4, 0.5) is 13.2 Å². The number of sulfone groups is 1. The van der Waals surface area contributed by atoms with Crippen LogP contribution in [0.3, 0.4) is 0 Å². The molecule has 0 spiro atoms. The largest absolute Gasteiger partial charge is 0.413 e. The van der Waals surface area contributed by atoms with Crippen LogP contribution < -0.4 is 5.48 Å². The van der Waals surface area contributed by atoms with E-state index in [2.05, 4.69) is 4.84 Å². The molecule has 0 saturated carbocycles. The summed E-state index contributed by atoms with van der Waals surface area (Å²) in [5.74, 6) is -0.0740. The lowest BCUT2D eigenvalue weighted by molar-refractivity contribution is -0.189. The van der Waals surface area contributed by atoms with Gasteiger partial charge in [0.15, 0.2) is 6.61 Å². The minimum atomic E-state index is -4.37. The minimum Gasteiger partial charge on any atom is -0.292 e. The average Bonchev–Trinajstić information content (AvgIpc) is 1.92. The molecule has 0 unspecified atom stereocenters. The molecular weight excluding hydrogens is 223 g/mol. The molecule has 4 nitrogen and oxygen atoms in total. The quantitative estimate of drug-likeness (QED) is 0.538. The van der Waals surface area contributed by atoms with E-state index in [-0.39, 0.29) is 18.7 Å². The minimum absolute atomic E-state index is 0.0726. The first-order valence-electron chi connectivity index (χ1n) is 3.80. The van der Waals surface area contributed by atoms with Crippen LogP contribution in [0.1, 0.15) is 6.42 Å². The zero-order valence-electron chi connectivity index (χ0n) is 7.60. The standard InChI is InChI=1S/C6H12F3NO3S/c1-14(11,12)4-2-3-10-13-5-6(7,8)9/h10H,2-5H2,1H3. The van der Waals surface area contributed by atoms with Crippen molar-refractivity contribution in [2.24, 2.45) is 0 Å². The number of hydroxylamine groups is 1. The lowest BCUT2D eigenvalue weighted by Crippen LogP contribution is -2.26. The molecule has 0 rings (SSSR count). The zero-order valence-corrected chi connectivity index (χ0v) is 8.41. The van der Waals surface area contributed by atoms with Gasteiger partial charge < -0.3 is 0 Å². The third-order valence-electron chi connectivity index (χ3n) is 1.13. The highest BCUT2D eigenvalue weighted by atomic mass is 32.2. The summed E-state index contributed by atoms with van der Waals surface area (Å²) in [5.41, 5.74) is 2.03. The number of hydrogen-bond acceptors (Lipinski definition) is 4. The molecule has 0 saturated heterocycles. The first-order chi connectivity index (χ1) is 6.21. The number of halogens is 3. The van der Waals surface area contributed by atoms with Gasteiger partial charge >= 0.3 is 6.18 Å². The highest BCUT2D eigenvalue weighted by molar-refractivity contribution is 7.90. The second-order valence-electron chi connectivity index (χ2n) is 2.78. The fraction of sp³-hybridized carbons (Fsp3) is 1.00. The summed E-state index contributed by atoms with van der Waals surface area (Å²) in [4.78, 5) is 4.04. The van der Waals surface area contributed by atoms with Gasteiger partial charge in [0, 0.05) is 12.8 Å². The Morgan fingerprint density at radius 1 is 1.36 bits per heavy atom. The van der Waals surface area contributed by atoms with Gasteiger partial charge in [0.2, 0.25) is 0 Å². The molecule has 0 heterocycles. The van der Waals surface area contributed by atoms with Crippen LogP contribution in [0.5, 0.6) is 0 Å². The Morgan fingerprint density at radius 3 is 2.36 bits per heavy atom. The molecule has 0 amide bonds. The molecule has 0 aliphatic heterocycles. The number of nitrogens with one attached hydrogen (secondary N) is 1. The van der Waals surface area contributed by atoms with Crippen LogP contribution in [-0.2, 0) is 14.7 Å². The summed E-state index contributed by atoms with van der Waals surface area (Å²) in [6.07, 6.45) is -3.09. The summed E-state index contributed by atoms with van der Waals surface area (Å²) >= 11 is 0. The second-order valence-corrected chi connectivity index (χ2v) is 5.04.